The fourth-order valence-corrected chi connectivity index (χ4v) is 1.05. The zero-order valence-corrected chi connectivity index (χ0v) is 6.48. The van der Waals surface area contributed by atoms with Gasteiger partial charge < -0.3 is 16.0 Å². The van der Waals surface area contributed by atoms with Crippen molar-refractivity contribution >= 4 is 0 Å². The van der Waals surface area contributed by atoms with E-state index in [0.717, 1.165) is 26.2 Å². The number of likely N-dealkylation sites (N-methyl/N-ethyl adjacent to an activating group) is 1. The molecule has 1 rings (SSSR count). The maximum atomic E-state index is 3.37. The van der Waals surface area contributed by atoms with Crippen LogP contribution >= 0.6 is 0 Å². The van der Waals surface area contributed by atoms with Crippen LogP contribution in [-0.4, -0.2) is 32.2 Å². The molecule has 0 aromatic carbocycles. The van der Waals surface area contributed by atoms with Gasteiger partial charge in [0.05, 0.1) is 0 Å². The summed E-state index contributed by atoms with van der Waals surface area (Å²) in [4.78, 5) is 0. The molecule has 0 bridgehead atoms. The third-order valence-electron chi connectivity index (χ3n) is 1.60. The molecule has 1 aliphatic heterocycles. The van der Waals surface area contributed by atoms with Crippen molar-refractivity contribution < 1.29 is 0 Å². The molecule has 1 saturated heterocycles. The van der Waals surface area contributed by atoms with Gasteiger partial charge in [-0.25, -0.2) is 0 Å². The summed E-state index contributed by atoms with van der Waals surface area (Å²) in [5, 5.41) is 9.87. The Morgan fingerprint density at radius 1 is 1.60 bits per heavy atom. The largest absolute Gasteiger partial charge is 0.314 e. The van der Waals surface area contributed by atoms with Crippen molar-refractivity contribution in [3.63, 3.8) is 0 Å². The van der Waals surface area contributed by atoms with Crippen LogP contribution < -0.4 is 16.0 Å². The van der Waals surface area contributed by atoms with E-state index in [1.165, 1.54) is 0 Å². The zero-order valence-electron chi connectivity index (χ0n) is 6.48. The summed E-state index contributed by atoms with van der Waals surface area (Å²) in [6.45, 7) is 8.45. The van der Waals surface area contributed by atoms with Crippen molar-refractivity contribution in [2.24, 2.45) is 0 Å². The quantitative estimate of drug-likeness (QED) is 0.488. The Labute approximate surface area is 62.6 Å². The average Bonchev–Trinajstić information content (AvgIpc) is 2.03. The van der Waals surface area contributed by atoms with Crippen molar-refractivity contribution in [3.8, 4) is 0 Å². The molecule has 1 heterocycles. The first-order chi connectivity index (χ1) is 4.93. The van der Waals surface area contributed by atoms with Crippen LogP contribution in [0.25, 0.3) is 0 Å². The van der Waals surface area contributed by atoms with Crippen LogP contribution in [0.15, 0.2) is 0 Å². The Morgan fingerprint density at radius 3 is 3.10 bits per heavy atom. The molecule has 1 aliphatic rings. The highest BCUT2D eigenvalue weighted by atomic mass is 15.1. The minimum absolute atomic E-state index is 0.508. The van der Waals surface area contributed by atoms with E-state index < -0.39 is 0 Å². The van der Waals surface area contributed by atoms with E-state index in [4.69, 9.17) is 0 Å². The summed E-state index contributed by atoms with van der Waals surface area (Å²) in [6.07, 6.45) is 0. The molecule has 1 fully saturated rings. The average molecular weight is 142 g/mol. The molecule has 59 valence electrons. The predicted octanol–water partition coefficient (Wildman–Crippen LogP) is -0.681. The summed E-state index contributed by atoms with van der Waals surface area (Å²) in [7, 11) is 0. The minimum atomic E-state index is 0.508. The monoisotopic (exact) mass is 142 g/mol. The number of rotatable bonds is 3. The SMILES string of the molecule is CCN[CH]C1CNCCN1. The highest BCUT2D eigenvalue weighted by molar-refractivity contribution is 4.85. The van der Waals surface area contributed by atoms with Gasteiger partial charge in [-0.05, 0) is 6.54 Å². The van der Waals surface area contributed by atoms with E-state index in [1.807, 2.05) is 0 Å². The third kappa shape index (κ3) is 2.64. The van der Waals surface area contributed by atoms with E-state index >= 15 is 0 Å². The van der Waals surface area contributed by atoms with Gasteiger partial charge in [0.25, 0.3) is 0 Å². The number of hydrogen-bond acceptors (Lipinski definition) is 3. The first kappa shape index (κ1) is 7.98. The lowest BCUT2D eigenvalue weighted by atomic mass is 10.2. The highest BCUT2D eigenvalue weighted by Gasteiger charge is 2.10. The topological polar surface area (TPSA) is 36.1 Å². The Bertz CT molecular complexity index is 78.9. The van der Waals surface area contributed by atoms with Gasteiger partial charge in [0.1, 0.15) is 0 Å². The fraction of sp³-hybridized carbons (Fsp3) is 0.857. The maximum Gasteiger partial charge on any atom is 0.0403 e. The second-order valence-electron chi connectivity index (χ2n) is 2.49. The first-order valence-corrected chi connectivity index (χ1v) is 3.94. The molecule has 0 aliphatic carbocycles. The van der Waals surface area contributed by atoms with Crippen molar-refractivity contribution in [3.05, 3.63) is 6.54 Å². The molecule has 1 radical (unpaired) electrons. The fourth-order valence-electron chi connectivity index (χ4n) is 1.05. The molecule has 0 amide bonds. The molecule has 3 heteroatoms. The van der Waals surface area contributed by atoms with Crippen molar-refractivity contribution in [2.75, 3.05) is 26.2 Å². The standard InChI is InChI=1S/C7H16N3/c1-2-8-5-7-6-9-3-4-10-7/h5,7-10H,2-4,6H2,1H3. The van der Waals surface area contributed by atoms with Crippen LogP contribution in [0.5, 0.6) is 0 Å². The lowest BCUT2D eigenvalue weighted by molar-refractivity contribution is 0.437. The van der Waals surface area contributed by atoms with Gasteiger partial charge in [-0.3, -0.25) is 0 Å². The highest BCUT2D eigenvalue weighted by Crippen LogP contribution is 1.87. The van der Waals surface area contributed by atoms with E-state index in [9.17, 15) is 0 Å². The Balaban J connectivity index is 2.02. The van der Waals surface area contributed by atoms with Crippen LogP contribution in [0.3, 0.4) is 0 Å². The van der Waals surface area contributed by atoms with Gasteiger partial charge in [-0.1, -0.05) is 6.92 Å². The van der Waals surface area contributed by atoms with Gasteiger partial charge in [-0.15, -0.1) is 0 Å². The van der Waals surface area contributed by atoms with Crippen molar-refractivity contribution in [2.45, 2.75) is 13.0 Å². The summed E-state index contributed by atoms with van der Waals surface area (Å²) in [5.41, 5.74) is 0. The van der Waals surface area contributed by atoms with Crippen LogP contribution in [0.4, 0.5) is 0 Å². The Morgan fingerprint density at radius 2 is 2.50 bits per heavy atom. The molecular weight excluding hydrogens is 126 g/mol. The number of hydrogen-bond donors (Lipinski definition) is 3. The molecule has 1 unspecified atom stereocenters. The van der Waals surface area contributed by atoms with Crippen molar-refractivity contribution in [1.29, 1.82) is 0 Å². The molecule has 0 saturated carbocycles. The van der Waals surface area contributed by atoms with Gasteiger partial charge in [0.2, 0.25) is 0 Å². The number of piperazine rings is 1. The lowest BCUT2D eigenvalue weighted by Crippen LogP contribution is -2.50. The molecule has 0 aromatic rings. The summed E-state index contributed by atoms with van der Waals surface area (Å²) >= 11 is 0. The normalized spacial score (nSPS) is 26.7. The van der Waals surface area contributed by atoms with E-state index in [-0.39, 0.29) is 0 Å². The molecule has 3 N–H and O–H groups in total. The third-order valence-corrected chi connectivity index (χ3v) is 1.60. The van der Waals surface area contributed by atoms with Gasteiger partial charge >= 0.3 is 0 Å². The molecular formula is C7H16N3. The molecule has 1 atom stereocenters. The van der Waals surface area contributed by atoms with Gasteiger partial charge in [0, 0.05) is 32.2 Å². The van der Waals surface area contributed by atoms with Crippen LogP contribution in [-0.2, 0) is 0 Å². The van der Waals surface area contributed by atoms with E-state index in [2.05, 4.69) is 29.4 Å². The Hall–Kier alpha value is -0.120. The number of nitrogens with one attached hydrogen (secondary N) is 3. The minimum Gasteiger partial charge on any atom is -0.314 e. The van der Waals surface area contributed by atoms with Gasteiger partial charge in [0.15, 0.2) is 0 Å². The van der Waals surface area contributed by atoms with Crippen LogP contribution in [0.2, 0.25) is 0 Å². The van der Waals surface area contributed by atoms with Crippen LogP contribution in [0.1, 0.15) is 6.92 Å². The Kier molecular flexibility index (Phi) is 3.72. The summed E-state index contributed by atoms with van der Waals surface area (Å²) in [5.74, 6) is 0. The van der Waals surface area contributed by atoms with E-state index in [1.54, 1.807) is 0 Å². The second kappa shape index (κ2) is 4.66. The summed E-state index contributed by atoms with van der Waals surface area (Å²) in [6, 6.07) is 0.508. The van der Waals surface area contributed by atoms with E-state index in [0.29, 0.717) is 6.04 Å². The smallest absolute Gasteiger partial charge is 0.0403 e. The molecule has 0 aromatic heterocycles. The molecule has 10 heavy (non-hydrogen) atoms. The first-order valence-electron chi connectivity index (χ1n) is 3.94. The van der Waals surface area contributed by atoms with Crippen LogP contribution in [0, 0.1) is 6.54 Å². The van der Waals surface area contributed by atoms with Gasteiger partial charge in [-0.2, -0.15) is 0 Å². The molecule has 0 spiro atoms. The van der Waals surface area contributed by atoms with Crippen molar-refractivity contribution in [1.82, 2.24) is 16.0 Å². The maximum absolute atomic E-state index is 3.37. The lowest BCUT2D eigenvalue weighted by Gasteiger charge is -2.23. The molecule has 3 nitrogen and oxygen atoms in total. The second-order valence-corrected chi connectivity index (χ2v) is 2.49. The zero-order chi connectivity index (χ0) is 7.23. The summed E-state index contributed by atoms with van der Waals surface area (Å²) < 4.78 is 0. The predicted molar refractivity (Wildman–Crippen MR) is 42.6 cm³/mol.